The molecular weight excluding hydrogens is 362 g/mol. The van der Waals surface area contributed by atoms with Gasteiger partial charge in [-0.25, -0.2) is 0 Å². The third-order valence-electron chi connectivity index (χ3n) is 5.63. The van der Waals surface area contributed by atoms with Gasteiger partial charge in [0, 0.05) is 19.1 Å². The Morgan fingerprint density at radius 2 is 1.93 bits per heavy atom. The molecule has 1 amide bonds. The Bertz CT molecular complexity index is 609. The van der Waals surface area contributed by atoms with E-state index >= 15 is 0 Å². The number of hydrogen-bond acceptors (Lipinski definition) is 6. The number of thioether (sulfide) groups is 1. The number of ether oxygens (including phenoxy) is 1. The lowest BCUT2D eigenvalue weighted by atomic mass is 9.95. The second-order valence-electron chi connectivity index (χ2n) is 7.67. The number of morpholine rings is 1. The van der Waals surface area contributed by atoms with Crippen LogP contribution in [-0.4, -0.2) is 76.6 Å². The van der Waals surface area contributed by atoms with Crippen molar-refractivity contribution < 1.29 is 9.53 Å². The summed E-state index contributed by atoms with van der Waals surface area (Å²) < 4.78 is 7.70. The van der Waals surface area contributed by atoms with Gasteiger partial charge in [-0.2, -0.15) is 0 Å². The van der Waals surface area contributed by atoms with Gasteiger partial charge in [0.15, 0.2) is 11.0 Å². The Balaban J connectivity index is 1.76. The molecule has 0 N–H and O–H groups in total. The van der Waals surface area contributed by atoms with E-state index in [0.29, 0.717) is 38.1 Å². The summed E-state index contributed by atoms with van der Waals surface area (Å²) in [5.41, 5.74) is 0. The summed E-state index contributed by atoms with van der Waals surface area (Å²) in [6.45, 7) is 4.86. The summed E-state index contributed by atoms with van der Waals surface area (Å²) in [6.07, 6.45) is 7.20. The van der Waals surface area contributed by atoms with Gasteiger partial charge in [-0.1, -0.05) is 37.9 Å². The van der Waals surface area contributed by atoms with Gasteiger partial charge >= 0.3 is 0 Å². The fourth-order valence-corrected chi connectivity index (χ4v) is 5.02. The van der Waals surface area contributed by atoms with Crippen LogP contribution >= 0.6 is 11.8 Å². The highest BCUT2D eigenvalue weighted by Gasteiger charge is 2.28. The minimum atomic E-state index is 0.169. The summed E-state index contributed by atoms with van der Waals surface area (Å²) >= 11 is 1.54. The minimum Gasteiger partial charge on any atom is -0.378 e. The first-order valence-corrected chi connectivity index (χ1v) is 11.2. The molecule has 152 valence electrons. The van der Waals surface area contributed by atoms with Crippen LogP contribution in [-0.2, 0) is 9.53 Å². The van der Waals surface area contributed by atoms with Gasteiger partial charge in [0.1, 0.15) is 0 Å². The second-order valence-corrected chi connectivity index (χ2v) is 8.61. The van der Waals surface area contributed by atoms with Crippen LogP contribution in [0.15, 0.2) is 5.16 Å². The molecule has 1 aliphatic heterocycles. The van der Waals surface area contributed by atoms with Crippen LogP contribution in [0.1, 0.15) is 63.4 Å². The van der Waals surface area contributed by atoms with Gasteiger partial charge in [-0.15, -0.1) is 10.2 Å². The molecule has 2 fully saturated rings. The molecule has 0 bridgehead atoms. The number of aromatic nitrogens is 3. The fraction of sp³-hybridized carbons (Fsp3) is 0.842. The zero-order valence-corrected chi connectivity index (χ0v) is 17.7. The Morgan fingerprint density at radius 1 is 1.22 bits per heavy atom. The molecule has 1 saturated carbocycles. The van der Waals surface area contributed by atoms with Crippen molar-refractivity contribution in [2.45, 2.75) is 62.7 Å². The number of amides is 1. The van der Waals surface area contributed by atoms with Crippen molar-refractivity contribution >= 4 is 17.7 Å². The van der Waals surface area contributed by atoms with Crippen LogP contribution in [0.4, 0.5) is 0 Å². The molecule has 3 rings (SSSR count). The van der Waals surface area contributed by atoms with Crippen molar-refractivity contribution in [3.05, 3.63) is 5.82 Å². The van der Waals surface area contributed by atoms with Crippen LogP contribution in [0.5, 0.6) is 0 Å². The van der Waals surface area contributed by atoms with Gasteiger partial charge in [0.25, 0.3) is 0 Å². The van der Waals surface area contributed by atoms with Gasteiger partial charge in [0.05, 0.1) is 25.0 Å². The first kappa shape index (κ1) is 20.6. The van der Waals surface area contributed by atoms with E-state index in [1.165, 1.54) is 32.1 Å². The molecule has 7 nitrogen and oxygen atoms in total. The van der Waals surface area contributed by atoms with Gasteiger partial charge in [0.2, 0.25) is 5.91 Å². The molecular formula is C19H33N5O2S. The molecule has 8 heteroatoms. The molecule has 0 spiro atoms. The van der Waals surface area contributed by atoms with Crippen molar-refractivity contribution in [3.8, 4) is 0 Å². The van der Waals surface area contributed by atoms with Crippen molar-refractivity contribution in [2.75, 3.05) is 46.2 Å². The average molecular weight is 396 g/mol. The maximum Gasteiger partial charge on any atom is 0.233 e. The average Bonchev–Trinajstić information content (AvgIpc) is 3.11. The van der Waals surface area contributed by atoms with Gasteiger partial charge in [-0.05, 0) is 33.4 Å². The third-order valence-corrected chi connectivity index (χ3v) is 6.56. The van der Waals surface area contributed by atoms with Crippen molar-refractivity contribution in [3.63, 3.8) is 0 Å². The SMILES string of the molecule is CCC(c1nnc(SCC(=O)N2CCOCC2)n1C1CCCCC1)N(C)C. The molecule has 0 aromatic carbocycles. The monoisotopic (exact) mass is 395 g/mol. The Labute approximate surface area is 166 Å². The smallest absolute Gasteiger partial charge is 0.233 e. The summed E-state index contributed by atoms with van der Waals surface area (Å²) in [7, 11) is 4.20. The Morgan fingerprint density at radius 3 is 2.56 bits per heavy atom. The van der Waals surface area contributed by atoms with Crippen LogP contribution in [0.2, 0.25) is 0 Å². The minimum absolute atomic E-state index is 0.169. The van der Waals surface area contributed by atoms with E-state index in [2.05, 4.69) is 40.7 Å². The molecule has 1 atom stereocenters. The Kier molecular flexibility index (Phi) is 7.55. The number of carbonyl (C=O) groups excluding carboxylic acids is 1. The van der Waals surface area contributed by atoms with Crippen molar-refractivity contribution in [1.82, 2.24) is 24.6 Å². The number of carbonyl (C=O) groups is 1. The number of hydrogen-bond donors (Lipinski definition) is 0. The molecule has 2 heterocycles. The predicted octanol–water partition coefficient (Wildman–Crippen LogP) is 2.75. The van der Waals surface area contributed by atoms with Crippen molar-refractivity contribution in [2.24, 2.45) is 0 Å². The van der Waals surface area contributed by atoms with Crippen molar-refractivity contribution in [1.29, 1.82) is 0 Å². The standard InChI is InChI=1S/C19H33N5O2S/c1-4-16(22(2)3)18-20-21-19(24(18)15-8-6-5-7-9-15)27-14-17(25)23-10-12-26-13-11-23/h15-16H,4-14H2,1-3H3. The number of rotatable bonds is 7. The first-order chi connectivity index (χ1) is 13.1. The maximum absolute atomic E-state index is 12.5. The molecule has 1 unspecified atom stereocenters. The Hall–Kier alpha value is -1.12. The second kappa shape index (κ2) is 9.89. The van der Waals surface area contributed by atoms with E-state index < -0.39 is 0 Å². The molecule has 1 aromatic rings. The highest BCUT2D eigenvalue weighted by Crippen LogP contribution is 2.35. The normalized spacial score (nSPS) is 20.2. The van der Waals surface area contributed by atoms with Crippen LogP contribution < -0.4 is 0 Å². The topological polar surface area (TPSA) is 63.5 Å². The van der Waals surface area contributed by atoms with E-state index in [-0.39, 0.29) is 11.9 Å². The van der Waals surface area contributed by atoms with Crippen LogP contribution in [0.25, 0.3) is 0 Å². The summed E-state index contributed by atoms with van der Waals surface area (Å²) in [4.78, 5) is 16.7. The molecule has 1 saturated heterocycles. The largest absolute Gasteiger partial charge is 0.378 e. The molecule has 1 aromatic heterocycles. The highest BCUT2D eigenvalue weighted by atomic mass is 32.2. The lowest BCUT2D eigenvalue weighted by Crippen LogP contribution is -2.41. The van der Waals surface area contributed by atoms with Crippen LogP contribution in [0.3, 0.4) is 0 Å². The van der Waals surface area contributed by atoms with Gasteiger partial charge < -0.3 is 14.2 Å². The molecule has 0 radical (unpaired) electrons. The molecule has 27 heavy (non-hydrogen) atoms. The summed E-state index contributed by atoms with van der Waals surface area (Å²) in [5.74, 6) is 1.64. The van der Waals surface area contributed by atoms with E-state index in [4.69, 9.17) is 4.74 Å². The van der Waals surface area contributed by atoms with E-state index in [0.717, 1.165) is 17.4 Å². The summed E-state index contributed by atoms with van der Waals surface area (Å²) in [6, 6.07) is 0.711. The van der Waals surface area contributed by atoms with E-state index in [1.54, 1.807) is 11.8 Å². The number of nitrogens with zero attached hydrogens (tertiary/aromatic N) is 5. The zero-order valence-electron chi connectivity index (χ0n) is 16.9. The zero-order chi connectivity index (χ0) is 19.2. The molecule has 1 aliphatic carbocycles. The third kappa shape index (κ3) is 5.03. The van der Waals surface area contributed by atoms with E-state index in [9.17, 15) is 4.79 Å². The quantitative estimate of drug-likeness (QED) is 0.662. The lowest BCUT2D eigenvalue weighted by Gasteiger charge is -2.30. The fourth-order valence-electron chi connectivity index (χ4n) is 4.11. The predicted molar refractivity (Wildman–Crippen MR) is 107 cm³/mol. The maximum atomic E-state index is 12.5. The highest BCUT2D eigenvalue weighted by molar-refractivity contribution is 7.99. The molecule has 2 aliphatic rings. The first-order valence-electron chi connectivity index (χ1n) is 10.2. The lowest BCUT2D eigenvalue weighted by molar-refractivity contribution is -0.132. The van der Waals surface area contributed by atoms with Gasteiger partial charge in [-0.3, -0.25) is 9.69 Å². The van der Waals surface area contributed by atoms with E-state index in [1.807, 2.05) is 4.90 Å². The van der Waals surface area contributed by atoms with Crippen LogP contribution in [0, 0.1) is 0 Å². The summed E-state index contributed by atoms with van der Waals surface area (Å²) in [5, 5.41) is 9.99.